The molecule has 8 atom stereocenters. The van der Waals surface area contributed by atoms with Crippen LogP contribution in [0.1, 0.15) is 34.1 Å². The second-order valence-electron chi connectivity index (χ2n) is 7.97. The highest BCUT2D eigenvalue weighted by Crippen LogP contribution is 2.60. The molecule has 0 radical (unpaired) electrons. The van der Waals surface area contributed by atoms with E-state index in [0.717, 1.165) is 6.42 Å². The van der Waals surface area contributed by atoms with E-state index in [9.17, 15) is 20.1 Å². The minimum atomic E-state index is -1.38. The van der Waals surface area contributed by atoms with Crippen molar-refractivity contribution in [3.63, 3.8) is 0 Å². The van der Waals surface area contributed by atoms with Gasteiger partial charge in [-0.05, 0) is 24.7 Å². The number of carbonyl (C=O) groups is 1. The lowest BCUT2D eigenvalue weighted by molar-refractivity contribution is -0.340. The number of ether oxygens (including phenoxy) is 3. The summed E-state index contributed by atoms with van der Waals surface area (Å²) < 4.78 is 16.9. The molecule has 3 rings (SSSR count). The molecule has 1 aliphatic heterocycles. The Morgan fingerprint density at radius 1 is 1.32 bits per heavy atom. The van der Waals surface area contributed by atoms with Gasteiger partial charge in [0.15, 0.2) is 12.4 Å². The lowest BCUT2D eigenvalue weighted by Gasteiger charge is -2.62. The topological polar surface area (TPSA) is 105 Å². The molecule has 0 amide bonds. The van der Waals surface area contributed by atoms with Crippen LogP contribution in [0.25, 0.3) is 0 Å². The highest BCUT2D eigenvalue weighted by atomic mass is 16.7. The number of rotatable bonds is 4. The maximum atomic E-state index is 11.4. The number of aliphatic hydroxyl groups is 3. The van der Waals surface area contributed by atoms with E-state index in [1.165, 1.54) is 12.5 Å². The van der Waals surface area contributed by atoms with E-state index in [-0.39, 0.29) is 17.4 Å². The van der Waals surface area contributed by atoms with E-state index in [0.29, 0.717) is 5.92 Å². The van der Waals surface area contributed by atoms with Crippen LogP contribution in [0.2, 0.25) is 0 Å². The quantitative estimate of drug-likeness (QED) is 0.493. The summed E-state index contributed by atoms with van der Waals surface area (Å²) in [5, 5.41) is 29.7. The maximum absolute atomic E-state index is 11.4. The third-order valence-electron chi connectivity index (χ3n) is 6.08. The molecular formula is C18H28O7. The van der Waals surface area contributed by atoms with Gasteiger partial charge in [-0.1, -0.05) is 25.5 Å². The van der Waals surface area contributed by atoms with Crippen LogP contribution >= 0.6 is 0 Å². The molecule has 2 fully saturated rings. The Balaban J connectivity index is 1.79. The molecule has 7 heteroatoms. The van der Waals surface area contributed by atoms with Crippen molar-refractivity contribution in [2.75, 3.05) is 6.61 Å². The van der Waals surface area contributed by atoms with Gasteiger partial charge in [0.2, 0.25) is 0 Å². The smallest absolute Gasteiger partial charge is 0.303 e. The van der Waals surface area contributed by atoms with Crippen LogP contribution in [0, 0.1) is 17.3 Å². The summed E-state index contributed by atoms with van der Waals surface area (Å²) in [6, 6.07) is 0. The zero-order valence-corrected chi connectivity index (χ0v) is 15.1. The van der Waals surface area contributed by atoms with Crippen molar-refractivity contribution >= 4 is 5.97 Å². The summed E-state index contributed by atoms with van der Waals surface area (Å²) in [4.78, 5) is 11.4. The molecule has 3 N–H and O–H groups in total. The third kappa shape index (κ3) is 3.02. The molecule has 142 valence electrons. The summed E-state index contributed by atoms with van der Waals surface area (Å²) in [6.45, 7) is 7.26. The number of aliphatic hydroxyl groups excluding tert-OH is 3. The van der Waals surface area contributed by atoms with Crippen LogP contribution in [0.5, 0.6) is 0 Å². The predicted octanol–water partition coefficient (Wildman–Crippen LogP) is 0.364. The van der Waals surface area contributed by atoms with Crippen molar-refractivity contribution < 1.29 is 34.3 Å². The van der Waals surface area contributed by atoms with E-state index in [1.807, 2.05) is 0 Å². The average Bonchev–Trinajstić information content (AvgIpc) is 2.53. The Labute approximate surface area is 147 Å². The second-order valence-corrected chi connectivity index (χ2v) is 7.97. The van der Waals surface area contributed by atoms with Crippen molar-refractivity contribution in [3.8, 4) is 0 Å². The van der Waals surface area contributed by atoms with Crippen molar-refractivity contribution in [1.29, 1.82) is 0 Å². The van der Waals surface area contributed by atoms with Crippen LogP contribution in [-0.4, -0.2) is 64.7 Å². The Morgan fingerprint density at radius 3 is 2.52 bits per heavy atom. The molecule has 25 heavy (non-hydrogen) atoms. The average molecular weight is 356 g/mol. The molecule has 7 nitrogen and oxygen atoms in total. The van der Waals surface area contributed by atoms with Crippen LogP contribution in [0.15, 0.2) is 11.6 Å². The van der Waals surface area contributed by atoms with Crippen LogP contribution < -0.4 is 0 Å². The second kappa shape index (κ2) is 6.63. The molecule has 0 spiro atoms. The molecule has 0 aromatic heterocycles. The molecule has 3 aliphatic rings. The zero-order valence-electron chi connectivity index (χ0n) is 15.1. The van der Waals surface area contributed by atoms with E-state index in [1.54, 1.807) is 0 Å². The van der Waals surface area contributed by atoms with E-state index >= 15 is 0 Å². The molecule has 2 aliphatic carbocycles. The van der Waals surface area contributed by atoms with Crippen LogP contribution in [0.4, 0.5) is 0 Å². The SMILES string of the molecule is CC(=O)O[C@H]1[C@H](O[C@@H]2[C@H]3CC=C(C)[C@@H]2C3(C)C)O[C@H](CO)[C@@H](O)[C@@H]1O. The molecule has 1 saturated heterocycles. The molecule has 1 heterocycles. The Bertz CT molecular complexity index is 558. The number of carbonyl (C=O) groups excluding carboxylic acids is 1. The van der Waals surface area contributed by atoms with Gasteiger partial charge < -0.3 is 29.5 Å². The lowest BCUT2D eigenvalue weighted by atomic mass is 9.47. The number of fused-ring (bicyclic) bond motifs is 2. The van der Waals surface area contributed by atoms with Crippen molar-refractivity contribution in [2.24, 2.45) is 17.3 Å². The van der Waals surface area contributed by atoms with Gasteiger partial charge in [0.25, 0.3) is 0 Å². The van der Waals surface area contributed by atoms with Crippen molar-refractivity contribution in [2.45, 2.75) is 70.9 Å². The largest absolute Gasteiger partial charge is 0.454 e. The Kier molecular flexibility index (Phi) is 4.98. The van der Waals surface area contributed by atoms with Gasteiger partial charge >= 0.3 is 5.97 Å². The summed E-state index contributed by atoms with van der Waals surface area (Å²) in [7, 11) is 0. The van der Waals surface area contributed by atoms with Crippen molar-refractivity contribution in [1.82, 2.24) is 0 Å². The predicted molar refractivity (Wildman–Crippen MR) is 87.3 cm³/mol. The van der Waals surface area contributed by atoms with Gasteiger partial charge in [-0.3, -0.25) is 4.79 Å². The zero-order chi connectivity index (χ0) is 18.5. The minimum absolute atomic E-state index is 0.107. The first kappa shape index (κ1) is 18.8. The number of hydrogen-bond acceptors (Lipinski definition) is 7. The van der Waals surface area contributed by atoms with Gasteiger partial charge in [-0.15, -0.1) is 0 Å². The first-order valence-corrected chi connectivity index (χ1v) is 8.80. The lowest BCUT2D eigenvalue weighted by Crippen LogP contribution is -2.66. The fraction of sp³-hybridized carbons (Fsp3) is 0.833. The molecular weight excluding hydrogens is 328 g/mol. The maximum Gasteiger partial charge on any atom is 0.303 e. The standard InChI is InChI=1S/C18H28O7/c1-8-5-6-10-15(12(8)18(10,3)4)25-17-16(23-9(2)20)14(22)13(21)11(7-19)24-17/h5,10-17,19,21-22H,6-7H2,1-4H3/t10-,11-,12+,13-,14+,15-,16-,17+/m1/s1. The third-order valence-corrected chi connectivity index (χ3v) is 6.08. The van der Waals surface area contributed by atoms with Gasteiger partial charge in [0, 0.05) is 12.8 Å². The van der Waals surface area contributed by atoms with Gasteiger partial charge in [0.1, 0.15) is 18.3 Å². The van der Waals surface area contributed by atoms with E-state index < -0.39 is 43.3 Å². The molecule has 2 bridgehead atoms. The van der Waals surface area contributed by atoms with Crippen LogP contribution in [-0.2, 0) is 19.0 Å². The number of esters is 1. The van der Waals surface area contributed by atoms with Gasteiger partial charge in [0.05, 0.1) is 12.7 Å². The van der Waals surface area contributed by atoms with Crippen LogP contribution in [0.3, 0.4) is 0 Å². The number of hydrogen-bond donors (Lipinski definition) is 3. The molecule has 0 aromatic carbocycles. The summed E-state index contributed by atoms with van der Waals surface area (Å²) in [6.07, 6.45) is -2.88. The van der Waals surface area contributed by atoms with Crippen molar-refractivity contribution in [3.05, 3.63) is 11.6 Å². The Hall–Kier alpha value is -0.990. The summed E-state index contributed by atoms with van der Waals surface area (Å²) in [5.41, 5.74) is 1.38. The summed E-state index contributed by atoms with van der Waals surface area (Å²) >= 11 is 0. The molecule has 1 saturated carbocycles. The van der Waals surface area contributed by atoms with E-state index in [2.05, 4.69) is 26.8 Å². The minimum Gasteiger partial charge on any atom is -0.454 e. The van der Waals surface area contributed by atoms with Gasteiger partial charge in [-0.2, -0.15) is 0 Å². The monoisotopic (exact) mass is 356 g/mol. The molecule has 0 unspecified atom stereocenters. The fourth-order valence-electron chi connectivity index (χ4n) is 4.73. The van der Waals surface area contributed by atoms with Gasteiger partial charge in [-0.25, -0.2) is 0 Å². The Morgan fingerprint density at radius 2 is 2.00 bits per heavy atom. The summed E-state index contributed by atoms with van der Waals surface area (Å²) in [5.74, 6) is -0.0650. The van der Waals surface area contributed by atoms with E-state index in [4.69, 9.17) is 14.2 Å². The fourth-order valence-corrected chi connectivity index (χ4v) is 4.73. The highest BCUT2D eigenvalue weighted by molar-refractivity contribution is 5.66. The number of allylic oxidation sites excluding steroid dienone is 1. The molecule has 0 aromatic rings. The highest BCUT2D eigenvalue weighted by Gasteiger charge is 2.60. The first-order chi connectivity index (χ1) is 11.7. The first-order valence-electron chi connectivity index (χ1n) is 8.80. The normalized spacial score (nSPS) is 45.3.